The van der Waals surface area contributed by atoms with Gasteiger partial charge in [-0.05, 0) is 25.7 Å². The number of hydrogen-bond donors (Lipinski definition) is 1. The van der Waals surface area contributed by atoms with Gasteiger partial charge in [0.2, 0.25) is 0 Å². The summed E-state index contributed by atoms with van der Waals surface area (Å²) in [7, 11) is 0. The summed E-state index contributed by atoms with van der Waals surface area (Å²) in [6.07, 6.45) is 9.99. The number of hydrogen-bond acceptors (Lipinski definition) is 4. The summed E-state index contributed by atoms with van der Waals surface area (Å²) < 4.78 is 4.92. The van der Waals surface area contributed by atoms with Crippen molar-refractivity contribution >= 4 is 29.9 Å². The number of aromatic nitrogens is 1. The molecular formula is C19H34IN5O. The first-order chi connectivity index (χ1) is 12.3. The summed E-state index contributed by atoms with van der Waals surface area (Å²) in [4.78, 5) is 9.71. The Bertz CT molecular complexity index is 508. The van der Waals surface area contributed by atoms with Gasteiger partial charge in [-0.15, -0.1) is 24.0 Å². The molecule has 1 N–H and O–H groups in total. The fourth-order valence-corrected chi connectivity index (χ4v) is 3.96. The largest absolute Gasteiger partial charge is 0.364 e. The van der Waals surface area contributed by atoms with E-state index in [1.54, 1.807) is 6.26 Å². The number of guanidine groups is 1. The highest BCUT2D eigenvalue weighted by molar-refractivity contribution is 14.0. The zero-order chi connectivity index (χ0) is 17.3. The average molecular weight is 475 g/mol. The molecule has 6 nitrogen and oxygen atoms in total. The van der Waals surface area contributed by atoms with E-state index >= 15 is 0 Å². The van der Waals surface area contributed by atoms with Crippen LogP contribution in [0.3, 0.4) is 0 Å². The van der Waals surface area contributed by atoms with E-state index in [-0.39, 0.29) is 24.0 Å². The fraction of sp³-hybridized carbons (Fsp3) is 0.789. The second kappa shape index (κ2) is 11.8. The zero-order valence-electron chi connectivity index (χ0n) is 16.0. The normalized spacial score (nSPS) is 19.6. The predicted molar refractivity (Wildman–Crippen MR) is 116 cm³/mol. The van der Waals surface area contributed by atoms with Crippen LogP contribution < -0.4 is 5.32 Å². The van der Waals surface area contributed by atoms with Crippen molar-refractivity contribution in [2.24, 2.45) is 10.9 Å². The SMILES string of the molecule is CCNC(=NCCCC1CCCC1)N1CCN(Cc2ccon2)CC1.I. The lowest BCUT2D eigenvalue weighted by molar-refractivity contribution is 0.169. The van der Waals surface area contributed by atoms with Gasteiger partial charge >= 0.3 is 0 Å². The molecule has 7 heteroatoms. The van der Waals surface area contributed by atoms with Gasteiger partial charge in [0.25, 0.3) is 0 Å². The molecule has 0 bridgehead atoms. The van der Waals surface area contributed by atoms with Crippen molar-refractivity contribution in [3.63, 3.8) is 0 Å². The Labute approximate surface area is 174 Å². The summed E-state index contributed by atoms with van der Waals surface area (Å²) >= 11 is 0. The highest BCUT2D eigenvalue weighted by atomic mass is 127. The van der Waals surface area contributed by atoms with E-state index in [4.69, 9.17) is 9.52 Å². The number of rotatable bonds is 7. The molecular weight excluding hydrogens is 441 g/mol. The molecule has 2 aliphatic rings. The number of piperazine rings is 1. The maximum Gasteiger partial charge on any atom is 0.194 e. The van der Waals surface area contributed by atoms with Crippen molar-refractivity contribution in [2.75, 3.05) is 39.3 Å². The van der Waals surface area contributed by atoms with E-state index < -0.39 is 0 Å². The van der Waals surface area contributed by atoms with E-state index in [0.29, 0.717) is 0 Å². The first kappa shape index (κ1) is 21.5. The van der Waals surface area contributed by atoms with Crippen LogP contribution in [0.1, 0.15) is 51.1 Å². The van der Waals surface area contributed by atoms with Crippen LogP contribution >= 0.6 is 24.0 Å². The van der Waals surface area contributed by atoms with Crippen molar-refractivity contribution in [3.05, 3.63) is 18.0 Å². The van der Waals surface area contributed by atoms with Crippen LogP contribution in [0.5, 0.6) is 0 Å². The van der Waals surface area contributed by atoms with Crippen LogP contribution in [0.25, 0.3) is 0 Å². The van der Waals surface area contributed by atoms with Crippen molar-refractivity contribution in [1.29, 1.82) is 0 Å². The third-order valence-electron chi connectivity index (χ3n) is 5.39. The second-order valence-electron chi connectivity index (χ2n) is 7.28. The van der Waals surface area contributed by atoms with Crippen LogP contribution in [0.4, 0.5) is 0 Å². The van der Waals surface area contributed by atoms with Gasteiger partial charge in [0, 0.05) is 51.9 Å². The van der Waals surface area contributed by atoms with E-state index in [1.165, 1.54) is 38.5 Å². The standard InChI is InChI=1S/C19H33N5O.HI/c1-2-20-19(21-10-5-8-17-6-3-4-7-17)24-13-11-23(12-14-24)16-18-9-15-25-22-18;/h9,15,17H,2-8,10-14,16H2,1H3,(H,20,21);1H. The van der Waals surface area contributed by atoms with Gasteiger partial charge in [0.1, 0.15) is 6.26 Å². The molecule has 1 aliphatic heterocycles. The molecule has 1 saturated heterocycles. The van der Waals surface area contributed by atoms with Gasteiger partial charge in [0.15, 0.2) is 5.96 Å². The Kier molecular flexibility index (Phi) is 9.74. The van der Waals surface area contributed by atoms with Gasteiger partial charge < -0.3 is 14.7 Å². The van der Waals surface area contributed by atoms with Crippen LogP contribution in [0.15, 0.2) is 21.8 Å². The summed E-state index contributed by atoms with van der Waals surface area (Å²) in [5.74, 6) is 2.06. The lowest BCUT2D eigenvalue weighted by Crippen LogP contribution is -2.52. The molecule has 3 rings (SSSR count). The Morgan fingerprint density at radius 1 is 1.27 bits per heavy atom. The minimum absolute atomic E-state index is 0. The predicted octanol–water partition coefficient (Wildman–Crippen LogP) is 3.35. The number of aliphatic imine (C=N–C) groups is 1. The lowest BCUT2D eigenvalue weighted by atomic mass is 10.0. The molecule has 2 heterocycles. The van der Waals surface area contributed by atoms with Gasteiger partial charge in [-0.25, -0.2) is 0 Å². The van der Waals surface area contributed by atoms with Crippen LogP contribution in [0, 0.1) is 5.92 Å². The topological polar surface area (TPSA) is 56.9 Å². The maximum atomic E-state index is 4.92. The highest BCUT2D eigenvalue weighted by Crippen LogP contribution is 2.28. The molecule has 148 valence electrons. The van der Waals surface area contributed by atoms with Crippen molar-refractivity contribution in [1.82, 2.24) is 20.3 Å². The molecule has 1 aliphatic carbocycles. The Balaban J connectivity index is 0.00000243. The molecule has 0 aromatic carbocycles. The van der Waals surface area contributed by atoms with Crippen LogP contribution in [0.2, 0.25) is 0 Å². The first-order valence-corrected chi connectivity index (χ1v) is 10.00. The molecule has 2 fully saturated rings. The number of nitrogens with one attached hydrogen (secondary N) is 1. The molecule has 0 radical (unpaired) electrons. The summed E-state index contributed by atoms with van der Waals surface area (Å²) in [5, 5.41) is 7.48. The molecule has 0 unspecified atom stereocenters. The monoisotopic (exact) mass is 475 g/mol. The number of nitrogens with zero attached hydrogens (tertiary/aromatic N) is 4. The highest BCUT2D eigenvalue weighted by Gasteiger charge is 2.20. The minimum atomic E-state index is 0. The summed E-state index contributed by atoms with van der Waals surface area (Å²) in [6, 6.07) is 1.95. The second-order valence-corrected chi connectivity index (χ2v) is 7.28. The van der Waals surface area contributed by atoms with Gasteiger partial charge in [-0.1, -0.05) is 30.8 Å². The van der Waals surface area contributed by atoms with E-state index in [9.17, 15) is 0 Å². The summed E-state index contributed by atoms with van der Waals surface area (Å²) in [6.45, 7) is 9.03. The zero-order valence-corrected chi connectivity index (χ0v) is 18.4. The Hall–Kier alpha value is -0.830. The van der Waals surface area contributed by atoms with Crippen LogP contribution in [-0.4, -0.2) is 60.2 Å². The molecule has 26 heavy (non-hydrogen) atoms. The fourth-order valence-electron chi connectivity index (χ4n) is 3.96. The van der Waals surface area contributed by atoms with Gasteiger partial charge in [-0.2, -0.15) is 0 Å². The molecule has 0 atom stereocenters. The molecule has 1 saturated carbocycles. The van der Waals surface area contributed by atoms with E-state index in [1.807, 2.05) is 6.07 Å². The van der Waals surface area contributed by atoms with E-state index in [2.05, 4.69) is 27.2 Å². The third-order valence-corrected chi connectivity index (χ3v) is 5.39. The lowest BCUT2D eigenvalue weighted by Gasteiger charge is -2.36. The third kappa shape index (κ3) is 6.72. The van der Waals surface area contributed by atoms with Gasteiger partial charge in [0.05, 0.1) is 5.69 Å². The Morgan fingerprint density at radius 2 is 2.04 bits per heavy atom. The quantitative estimate of drug-likeness (QED) is 0.284. The summed E-state index contributed by atoms with van der Waals surface area (Å²) in [5.41, 5.74) is 1.01. The maximum absolute atomic E-state index is 4.92. The van der Waals surface area contributed by atoms with Crippen molar-refractivity contribution in [3.8, 4) is 0 Å². The molecule has 0 spiro atoms. The first-order valence-electron chi connectivity index (χ1n) is 10.00. The smallest absolute Gasteiger partial charge is 0.194 e. The van der Waals surface area contributed by atoms with Crippen molar-refractivity contribution < 1.29 is 4.52 Å². The molecule has 0 amide bonds. The van der Waals surface area contributed by atoms with Gasteiger partial charge in [-0.3, -0.25) is 9.89 Å². The molecule has 1 aromatic rings. The van der Waals surface area contributed by atoms with Crippen molar-refractivity contribution in [2.45, 2.75) is 52.0 Å². The number of halogens is 1. The van der Waals surface area contributed by atoms with Crippen LogP contribution in [-0.2, 0) is 6.54 Å². The average Bonchev–Trinajstić information content (AvgIpc) is 3.32. The Morgan fingerprint density at radius 3 is 2.69 bits per heavy atom. The molecule has 1 aromatic heterocycles. The minimum Gasteiger partial charge on any atom is -0.364 e. The van der Waals surface area contributed by atoms with E-state index in [0.717, 1.165) is 63.4 Å².